The summed E-state index contributed by atoms with van der Waals surface area (Å²) in [6.45, 7) is 2.11. The Hall–Kier alpha value is -2.44. The summed E-state index contributed by atoms with van der Waals surface area (Å²) in [5.41, 5.74) is 4.71. The maximum atomic E-state index is 13.0. The van der Waals surface area contributed by atoms with Gasteiger partial charge in [-0.25, -0.2) is 0 Å². The number of aromatic nitrogens is 2. The van der Waals surface area contributed by atoms with E-state index in [0.29, 0.717) is 11.9 Å². The highest BCUT2D eigenvalue weighted by molar-refractivity contribution is 9.10. The third-order valence-corrected chi connectivity index (χ3v) is 6.13. The molecule has 1 aromatic heterocycles. The van der Waals surface area contributed by atoms with Crippen molar-refractivity contribution in [3.8, 4) is 11.3 Å². The predicted molar refractivity (Wildman–Crippen MR) is 124 cm³/mol. The van der Waals surface area contributed by atoms with Gasteiger partial charge in [-0.05, 0) is 54.5 Å². The van der Waals surface area contributed by atoms with E-state index in [0.717, 1.165) is 47.8 Å². The smallest absolute Gasteiger partial charge is 0.242 e. The molecule has 3 N–H and O–H groups in total. The SMILES string of the molecule is CCC[C@H](NC1CCc2cc(Br)ccc2C1)C(=O)Nc1cc(-c2ccccc2)[nH]n1. The Balaban J connectivity index is 1.40. The fourth-order valence-electron chi connectivity index (χ4n) is 4.09. The van der Waals surface area contributed by atoms with Crippen LogP contribution in [-0.2, 0) is 17.6 Å². The van der Waals surface area contributed by atoms with Crippen LogP contribution in [0.25, 0.3) is 11.3 Å². The van der Waals surface area contributed by atoms with Gasteiger partial charge in [-0.2, -0.15) is 5.10 Å². The van der Waals surface area contributed by atoms with Crippen molar-refractivity contribution < 1.29 is 4.79 Å². The lowest BCUT2D eigenvalue weighted by Gasteiger charge is -2.29. The number of rotatable bonds is 7. The molecule has 0 fully saturated rings. The van der Waals surface area contributed by atoms with Crippen molar-refractivity contribution in [1.29, 1.82) is 0 Å². The summed E-state index contributed by atoms with van der Waals surface area (Å²) in [6.07, 6.45) is 4.77. The van der Waals surface area contributed by atoms with Crippen LogP contribution < -0.4 is 10.6 Å². The Bertz CT molecular complexity index is 1000. The van der Waals surface area contributed by atoms with Gasteiger partial charge in [0, 0.05) is 16.6 Å². The number of hydrogen-bond acceptors (Lipinski definition) is 3. The second kappa shape index (κ2) is 9.58. The third kappa shape index (κ3) is 4.99. The number of fused-ring (bicyclic) bond motifs is 1. The van der Waals surface area contributed by atoms with Crippen molar-refractivity contribution in [1.82, 2.24) is 15.5 Å². The minimum atomic E-state index is -0.228. The minimum absolute atomic E-state index is 0.0236. The Kier molecular flexibility index (Phi) is 6.65. The van der Waals surface area contributed by atoms with E-state index in [-0.39, 0.29) is 11.9 Å². The van der Waals surface area contributed by atoms with Crippen LogP contribution in [0.4, 0.5) is 5.82 Å². The maximum Gasteiger partial charge on any atom is 0.242 e. The molecule has 0 bridgehead atoms. The van der Waals surface area contributed by atoms with Gasteiger partial charge in [0.25, 0.3) is 0 Å². The molecule has 156 valence electrons. The van der Waals surface area contributed by atoms with Gasteiger partial charge in [-0.1, -0.05) is 65.7 Å². The van der Waals surface area contributed by atoms with Gasteiger partial charge in [-0.3, -0.25) is 9.89 Å². The van der Waals surface area contributed by atoms with Crippen LogP contribution in [0.2, 0.25) is 0 Å². The molecule has 6 heteroatoms. The van der Waals surface area contributed by atoms with Gasteiger partial charge in [0.2, 0.25) is 5.91 Å². The number of hydrogen-bond donors (Lipinski definition) is 3. The number of nitrogens with zero attached hydrogens (tertiary/aromatic N) is 1. The third-order valence-electron chi connectivity index (χ3n) is 5.64. The van der Waals surface area contributed by atoms with E-state index in [2.05, 4.69) is 61.9 Å². The lowest BCUT2D eigenvalue weighted by molar-refractivity contribution is -0.118. The zero-order valence-corrected chi connectivity index (χ0v) is 18.7. The Morgan fingerprint density at radius 3 is 2.83 bits per heavy atom. The standard InChI is InChI=1S/C24H27BrN4O/c1-2-6-21(26-20-12-10-17-13-19(25)11-9-18(17)14-20)24(30)27-23-15-22(28-29-23)16-7-4-3-5-8-16/h3-5,7-9,11,13,15,20-21,26H,2,6,10,12,14H2,1H3,(H2,27,28,29,30)/t20?,21-/m0/s1. The summed E-state index contributed by atoms with van der Waals surface area (Å²) in [5.74, 6) is 0.533. The highest BCUT2D eigenvalue weighted by Crippen LogP contribution is 2.25. The Morgan fingerprint density at radius 1 is 1.20 bits per heavy atom. The van der Waals surface area contributed by atoms with Crippen molar-refractivity contribution in [3.05, 3.63) is 70.2 Å². The van der Waals surface area contributed by atoms with Gasteiger partial charge < -0.3 is 10.6 Å². The Morgan fingerprint density at radius 2 is 2.03 bits per heavy atom. The van der Waals surface area contributed by atoms with Gasteiger partial charge >= 0.3 is 0 Å². The van der Waals surface area contributed by atoms with Crippen molar-refractivity contribution in [2.24, 2.45) is 0 Å². The largest absolute Gasteiger partial charge is 0.308 e. The van der Waals surface area contributed by atoms with E-state index in [4.69, 9.17) is 0 Å². The molecule has 1 aliphatic rings. The number of aryl methyl sites for hydroxylation is 1. The number of aromatic amines is 1. The van der Waals surface area contributed by atoms with Crippen molar-refractivity contribution >= 4 is 27.7 Å². The zero-order valence-electron chi connectivity index (χ0n) is 17.1. The molecule has 0 spiro atoms. The first-order valence-electron chi connectivity index (χ1n) is 10.6. The Labute approximate surface area is 185 Å². The predicted octanol–water partition coefficient (Wildman–Crippen LogP) is 5.09. The van der Waals surface area contributed by atoms with Crippen molar-refractivity contribution in [2.75, 3.05) is 5.32 Å². The fraction of sp³-hybridized carbons (Fsp3) is 0.333. The van der Waals surface area contributed by atoms with Crippen LogP contribution in [-0.4, -0.2) is 28.2 Å². The number of halogens is 1. The zero-order chi connectivity index (χ0) is 20.9. The number of carbonyl (C=O) groups is 1. The highest BCUT2D eigenvalue weighted by atomic mass is 79.9. The van der Waals surface area contributed by atoms with Crippen LogP contribution in [0.5, 0.6) is 0 Å². The van der Waals surface area contributed by atoms with E-state index in [1.165, 1.54) is 11.1 Å². The molecule has 0 aliphatic heterocycles. The number of nitrogens with one attached hydrogen (secondary N) is 3. The second-order valence-corrected chi connectivity index (χ2v) is 8.80. The molecule has 30 heavy (non-hydrogen) atoms. The first-order chi connectivity index (χ1) is 14.6. The minimum Gasteiger partial charge on any atom is -0.308 e. The lowest BCUT2D eigenvalue weighted by Crippen LogP contribution is -2.47. The molecule has 0 radical (unpaired) electrons. The first kappa shape index (κ1) is 20.8. The second-order valence-electron chi connectivity index (χ2n) is 7.88. The summed E-state index contributed by atoms with van der Waals surface area (Å²) >= 11 is 3.56. The fourth-order valence-corrected chi connectivity index (χ4v) is 4.50. The number of H-pyrrole nitrogens is 1. The summed E-state index contributed by atoms with van der Waals surface area (Å²) in [7, 11) is 0. The first-order valence-corrected chi connectivity index (χ1v) is 11.4. The van der Waals surface area contributed by atoms with E-state index in [1.807, 2.05) is 36.4 Å². The quantitative estimate of drug-likeness (QED) is 0.453. The van der Waals surface area contributed by atoms with Crippen LogP contribution in [0, 0.1) is 0 Å². The number of anilines is 1. The summed E-state index contributed by atoms with van der Waals surface area (Å²) in [6, 6.07) is 18.4. The van der Waals surface area contributed by atoms with Gasteiger partial charge in [-0.15, -0.1) is 0 Å². The topological polar surface area (TPSA) is 69.8 Å². The van der Waals surface area contributed by atoms with E-state index >= 15 is 0 Å². The summed E-state index contributed by atoms with van der Waals surface area (Å²) in [5, 5.41) is 13.9. The van der Waals surface area contributed by atoms with Crippen molar-refractivity contribution in [2.45, 2.75) is 51.1 Å². The van der Waals surface area contributed by atoms with E-state index < -0.39 is 0 Å². The molecular formula is C24H27BrN4O. The molecule has 2 atom stereocenters. The number of benzene rings is 2. The number of carbonyl (C=O) groups excluding carboxylic acids is 1. The van der Waals surface area contributed by atoms with Gasteiger partial charge in [0.1, 0.15) is 0 Å². The molecule has 1 heterocycles. The van der Waals surface area contributed by atoms with Crippen molar-refractivity contribution in [3.63, 3.8) is 0 Å². The molecule has 3 aromatic rings. The van der Waals surface area contributed by atoms with Gasteiger partial charge in [0.15, 0.2) is 5.82 Å². The van der Waals surface area contributed by atoms with E-state index in [1.54, 1.807) is 0 Å². The molecule has 1 aliphatic carbocycles. The van der Waals surface area contributed by atoms with Crippen LogP contribution in [0.3, 0.4) is 0 Å². The summed E-state index contributed by atoms with van der Waals surface area (Å²) in [4.78, 5) is 13.0. The van der Waals surface area contributed by atoms with Crippen LogP contribution in [0.15, 0.2) is 59.1 Å². The number of amides is 1. The summed E-state index contributed by atoms with van der Waals surface area (Å²) < 4.78 is 1.13. The molecule has 4 rings (SSSR count). The molecule has 0 saturated carbocycles. The van der Waals surface area contributed by atoms with Crippen LogP contribution in [0.1, 0.15) is 37.3 Å². The molecule has 1 unspecified atom stereocenters. The average molecular weight is 467 g/mol. The molecular weight excluding hydrogens is 440 g/mol. The molecule has 2 aromatic carbocycles. The lowest BCUT2D eigenvalue weighted by atomic mass is 9.88. The van der Waals surface area contributed by atoms with Crippen LogP contribution >= 0.6 is 15.9 Å². The monoisotopic (exact) mass is 466 g/mol. The molecule has 0 saturated heterocycles. The highest BCUT2D eigenvalue weighted by Gasteiger charge is 2.25. The maximum absolute atomic E-state index is 13.0. The average Bonchev–Trinajstić information content (AvgIpc) is 3.22. The normalized spacial score (nSPS) is 16.7. The molecule has 1 amide bonds. The molecule has 5 nitrogen and oxygen atoms in total. The van der Waals surface area contributed by atoms with Gasteiger partial charge in [0.05, 0.1) is 11.7 Å². The van der Waals surface area contributed by atoms with E-state index in [9.17, 15) is 4.79 Å².